The molecule has 0 saturated carbocycles. The Morgan fingerprint density at radius 3 is 3.12 bits per heavy atom. The van der Waals surface area contributed by atoms with Gasteiger partial charge in [-0.2, -0.15) is 0 Å². The van der Waals surface area contributed by atoms with Crippen LogP contribution in [0.15, 0.2) is 16.6 Å². The number of fused-ring (bicyclic) bond motifs is 1. The number of hydrogen-bond donors (Lipinski definition) is 1. The van der Waals surface area contributed by atoms with Gasteiger partial charge in [0, 0.05) is 16.6 Å². The maximum Gasteiger partial charge on any atom is 0.189 e. The summed E-state index contributed by atoms with van der Waals surface area (Å²) >= 11 is 3.65. The molecule has 2 heterocycles. The third-order valence-corrected chi connectivity index (χ3v) is 3.97. The van der Waals surface area contributed by atoms with Gasteiger partial charge in [0.25, 0.3) is 0 Å². The third kappa shape index (κ3) is 1.75. The topological polar surface area (TPSA) is 30.5 Å². The lowest BCUT2D eigenvalue weighted by Crippen LogP contribution is -2.16. The molecule has 0 bridgehead atoms. The Bertz CT molecular complexity index is 402. The first-order valence-corrected chi connectivity index (χ1v) is 6.38. The van der Waals surface area contributed by atoms with Gasteiger partial charge in [-0.25, -0.2) is 0 Å². The molecule has 4 heteroatoms. The van der Waals surface area contributed by atoms with Crippen molar-refractivity contribution in [3.05, 3.63) is 27.7 Å². The fourth-order valence-corrected chi connectivity index (χ4v) is 3.19. The molecular weight excluding hydrogens is 270 g/mol. The number of rotatable bonds is 1. The Kier molecular flexibility index (Phi) is 2.88. The van der Waals surface area contributed by atoms with Gasteiger partial charge in [-0.1, -0.05) is 15.9 Å². The monoisotopic (exact) mass is 283 g/mol. The van der Waals surface area contributed by atoms with Crippen LogP contribution in [0.4, 0.5) is 0 Å². The van der Waals surface area contributed by atoms with Crippen LogP contribution in [-0.2, 0) is 11.3 Å². The summed E-state index contributed by atoms with van der Waals surface area (Å²) in [6.45, 7) is 3.19. The molecule has 0 radical (unpaired) electrons. The van der Waals surface area contributed by atoms with Crippen LogP contribution in [0.1, 0.15) is 23.5 Å². The van der Waals surface area contributed by atoms with E-state index in [2.05, 4.69) is 27.3 Å². The molecule has 3 nitrogen and oxygen atoms in total. The number of halogens is 1. The van der Waals surface area contributed by atoms with Gasteiger partial charge in [-0.15, -0.1) is 0 Å². The van der Waals surface area contributed by atoms with Gasteiger partial charge in [-0.05, 0) is 36.6 Å². The van der Waals surface area contributed by atoms with Crippen LogP contribution in [0.5, 0.6) is 5.75 Å². The molecular formula is C12H14BrNO2. The van der Waals surface area contributed by atoms with Gasteiger partial charge < -0.3 is 14.8 Å². The smallest absolute Gasteiger partial charge is 0.189 e. The molecule has 1 unspecified atom stereocenters. The molecule has 2 aliphatic heterocycles. The summed E-state index contributed by atoms with van der Waals surface area (Å²) in [5.41, 5.74) is 2.58. The Morgan fingerprint density at radius 2 is 2.31 bits per heavy atom. The first kappa shape index (κ1) is 10.6. The molecule has 1 saturated heterocycles. The molecule has 1 aromatic carbocycles. The summed E-state index contributed by atoms with van der Waals surface area (Å²) in [6, 6.07) is 4.10. The fraction of sp³-hybridized carbons (Fsp3) is 0.500. The quantitative estimate of drug-likeness (QED) is 0.859. The van der Waals surface area contributed by atoms with Gasteiger partial charge in [0.2, 0.25) is 0 Å². The standard InChI is InChI=1S/C12H14BrNO2/c13-10-1-2-11-9(6-15-7-16-11)12(10)8-3-4-14-5-8/h1-2,8,14H,3-7H2. The SMILES string of the molecule is Brc1ccc2c(c1C1CCNC1)COCO2. The van der Waals surface area contributed by atoms with Crippen molar-refractivity contribution in [2.45, 2.75) is 18.9 Å². The maximum absolute atomic E-state index is 5.52. The molecule has 86 valence electrons. The number of ether oxygens (including phenoxy) is 2. The van der Waals surface area contributed by atoms with E-state index in [1.165, 1.54) is 22.0 Å². The summed E-state index contributed by atoms with van der Waals surface area (Å²) in [7, 11) is 0. The van der Waals surface area contributed by atoms with E-state index in [1.54, 1.807) is 0 Å². The normalized spacial score (nSPS) is 23.9. The van der Waals surface area contributed by atoms with Crippen LogP contribution in [0.2, 0.25) is 0 Å². The Balaban J connectivity index is 2.06. The highest BCUT2D eigenvalue weighted by atomic mass is 79.9. The van der Waals surface area contributed by atoms with Crippen molar-refractivity contribution in [2.75, 3.05) is 19.9 Å². The molecule has 0 aromatic heterocycles. The van der Waals surface area contributed by atoms with Gasteiger partial charge in [0.1, 0.15) is 5.75 Å². The van der Waals surface area contributed by atoms with Crippen LogP contribution in [-0.4, -0.2) is 19.9 Å². The summed E-state index contributed by atoms with van der Waals surface area (Å²) in [5, 5.41) is 3.40. The van der Waals surface area contributed by atoms with Crippen molar-refractivity contribution in [3.8, 4) is 5.75 Å². The molecule has 0 amide bonds. The third-order valence-electron chi connectivity index (χ3n) is 3.27. The van der Waals surface area contributed by atoms with E-state index in [0.29, 0.717) is 19.3 Å². The van der Waals surface area contributed by atoms with Gasteiger partial charge in [-0.3, -0.25) is 0 Å². The van der Waals surface area contributed by atoms with Crippen LogP contribution in [0, 0.1) is 0 Å². The van der Waals surface area contributed by atoms with E-state index in [-0.39, 0.29) is 0 Å². The van der Waals surface area contributed by atoms with Crippen LogP contribution in [0.25, 0.3) is 0 Å². The van der Waals surface area contributed by atoms with Gasteiger partial charge in [0.15, 0.2) is 6.79 Å². The highest BCUT2D eigenvalue weighted by Gasteiger charge is 2.25. The van der Waals surface area contributed by atoms with Crippen LogP contribution >= 0.6 is 15.9 Å². The van der Waals surface area contributed by atoms with Crippen molar-refractivity contribution >= 4 is 15.9 Å². The zero-order valence-corrected chi connectivity index (χ0v) is 10.5. The Morgan fingerprint density at radius 1 is 1.38 bits per heavy atom. The maximum atomic E-state index is 5.52. The second-order valence-electron chi connectivity index (χ2n) is 4.24. The number of benzene rings is 1. The van der Waals surface area contributed by atoms with E-state index in [9.17, 15) is 0 Å². The molecule has 16 heavy (non-hydrogen) atoms. The van der Waals surface area contributed by atoms with Crippen molar-refractivity contribution in [2.24, 2.45) is 0 Å². The van der Waals surface area contributed by atoms with Crippen LogP contribution < -0.4 is 10.1 Å². The summed E-state index contributed by atoms with van der Waals surface area (Å²) in [6.07, 6.45) is 1.19. The summed E-state index contributed by atoms with van der Waals surface area (Å²) < 4.78 is 12.1. The molecule has 1 atom stereocenters. The zero-order valence-electron chi connectivity index (χ0n) is 8.96. The lowest BCUT2D eigenvalue weighted by atomic mass is 9.93. The minimum Gasteiger partial charge on any atom is -0.467 e. The predicted molar refractivity (Wildman–Crippen MR) is 64.7 cm³/mol. The van der Waals surface area contributed by atoms with E-state index in [0.717, 1.165) is 18.8 Å². The van der Waals surface area contributed by atoms with E-state index < -0.39 is 0 Å². The summed E-state index contributed by atoms with van der Waals surface area (Å²) in [5.74, 6) is 1.56. The number of hydrogen-bond acceptors (Lipinski definition) is 3. The Hall–Kier alpha value is -0.580. The van der Waals surface area contributed by atoms with Gasteiger partial charge >= 0.3 is 0 Å². The average molecular weight is 284 g/mol. The predicted octanol–water partition coefficient (Wildman–Crippen LogP) is 2.39. The lowest BCUT2D eigenvalue weighted by Gasteiger charge is -2.24. The molecule has 2 aliphatic rings. The molecule has 1 fully saturated rings. The number of nitrogens with one attached hydrogen (secondary N) is 1. The first-order chi connectivity index (χ1) is 7.86. The highest BCUT2D eigenvalue weighted by Crippen LogP contribution is 2.38. The van der Waals surface area contributed by atoms with E-state index in [1.807, 2.05) is 6.07 Å². The molecule has 0 aliphatic carbocycles. The van der Waals surface area contributed by atoms with Crippen LogP contribution in [0.3, 0.4) is 0 Å². The van der Waals surface area contributed by atoms with Crippen molar-refractivity contribution in [3.63, 3.8) is 0 Å². The van der Waals surface area contributed by atoms with Crippen molar-refractivity contribution < 1.29 is 9.47 Å². The largest absolute Gasteiger partial charge is 0.467 e. The molecule has 0 spiro atoms. The minimum atomic E-state index is 0.372. The Labute approximate surface area is 103 Å². The molecule has 1 N–H and O–H groups in total. The van der Waals surface area contributed by atoms with E-state index >= 15 is 0 Å². The first-order valence-electron chi connectivity index (χ1n) is 5.59. The van der Waals surface area contributed by atoms with Crippen molar-refractivity contribution in [1.29, 1.82) is 0 Å². The molecule has 3 rings (SSSR count). The van der Waals surface area contributed by atoms with E-state index in [4.69, 9.17) is 9.47 Å². The minimum absolute atomic E-state index is 0.372. The zero-order chi connectivity index (χ0) is 11.0. The highest BCUT2D eigenvalue weighted by molar-refractivity contribution is 9.10. The van der Waals surface area contributed by atoms with Gasteiger partial charge in [0.05, 0.1) is 6.61 Å². The average Bonchev–Trinajstić information content (AvgIpc) is 2.82. The summed E-state index contributed by atoms with van der Waals surface area (Å²) in [4.78, 5) is 0. The second-order valence-corrected chi connectivity index (χ2v) is 5.09. The fourth-order valence-electron chi connectivity index (χ4n) is 2.49. The van der Waals surface area contributed by atoms with Crippen molar-refractivity contribution in [1.82, 2.24) is 5.32 Å². The second kappa shape index (κ2) is 4.35. The molecule has 1 aromatic rings. The lowest BCUT2D eigenvalue weighted by molar-refractivity contribution is -0.0170.